The zero-order valence-corrected chi connectivity index (χ0v) is 15.5. The molecule has 4 rings (SSSR count). The van der Waals surface area contributed by atoms with Crippen LogP contribution in [-0.2, 0) is 4.74 Å². The van der Waals surface area contributed by atoms with Crippen molar-refractivity contribution < 1.29 is 4.74 Å². The van der Waals surface area contributed by atoms with E-state index >= 15 is 0 Å². The monoisotopic (exact) mass is 366 g/mol. The summed E-state index contributed by atoms with van der Waals surface area (Å²) >= 11 is 0. The molecule has 1 aromatic carbocycles. The van der Waals surface area contributed by atoms with Gasteiger partial charge in [-0.25, -0.2) is 0 Å². The first-order chi connectivity index (χ1) is 13.4. The Morgan fingerprint density at radius 3 is 2.48 bits per heavy atom. The van der Waals surface area contributed by atoms with Crippen LogP contribution in [-0.4, -0.2) is 55.6 Å². The summed E-state index contributed by atoms with van der Waals surface area (Å²) < 4.78 is 5.47. The summed E-state index contributed by atoms with van der Waals surface area (Å²) in [7, 11) is 0. The van der Waals surface area contributed by atoms with Gasteiger partial charge in [0.1, 0.15) is 5.82 Å². The van der Waals surface area contributed by atoms with E-state index in [4.69, 9.17) is 14.7 Å². The number of anilines is 3. The zero-order chi connectivity index (χ0) is 18.3. The fourth-order valence-electron chi connectivity index (χ4n) is 3.38. The Balaban J connectivity index is 1.55. The maximum absolute atomic E-state index is 5.47. The second kappa shape index (κ2) is 8.81. The van der Waals surface area contributed by atoms with Crippen LogP contribution in [0.25, 0.3) is 0 Å². The molecule has 2 aromatic rings. The highest BCUT2D eigenvalue weighted by Crippen LogP contribution is 2.24. The number of piperidine rings is 1. The van der Waals surface area contributed by atoms with E-state index in [1.807, 2.05) is 36.4 Å². The van der Waals surface area contributed by atoms with Crippen LogP contribution >= 0.6 is 0 Å². The number of nitrogens with zero attached hydrogens (tertiary/aromatic N) is 5. The van der Waals surface area contributed by atoms with Crippen molar-refractivity contribution in [1.82, 2.24) is 9.97 Å². The minimum atomic E-state index is 0.715. The van der Waals surface area contributed by atoms with Crippen molar-refractivity contribution in [3.05, 3.63) is 42.0 Å². The average Bonchev–Trinajstić information content (AvgIpc) is 2.76. The largest absolute Gasteiger partial charge is 0.378 e. The van der Waals surface area contributed by atoms with Gasteiger partial charge in [-0.3, -0.25) is 5.43 Å². The maximum atomic E-state index is 5.47. The second-order valence-corrected chi connectivity index (χ2v) is 6.84. The van der Waals surface area contributed by atoms with Crippen molar-refractivity contribution in [2.24, 2.45) is 5.10 Å². The van der Waals surface area contributed by atoms with Crippen molar-refractivity contribution in [3.63, 3.8) is 0 Å². The molecule has 0 amide bonds. The molecule has 7 heteroatoms. The highest BCUT2D eigenvalue weighted by Gasteiger charge is 2.19. The Morgan fingerprint density at radius 1 is 0.926 bits per heavy atom. The lowest BCUT2D eigenvalue weighted by Gasteiger charge is -2.31. The molecule has 7 nitrogen and oxygen atoms in total. The van der Waals surface area contributed by atoms with Crippen LogP contribution in [0.1, 0.15) is 24.8 Å². The number of benzene rings is 1. The molecule has 142 valence electrons. The van der Waals surface area contributed by atoms with Gasteiger partial charge in [-0.1, -0.05) is 30.3 Å². The molecule has 2 aliphatic rings. The number of hydrogen-bond donors (Lipinski definition) is 1. The van der Waals surface area contributed by atoms with Gasteiger partial charge in [0.25, 0.3) is 0 Å². The van der Waals surface area contributed by atoms with E-state index in [1.165, 1.54) is 19.3 Å². The van der Waals surface area contributed by atoms with Crippen molar-refractivity contribution in [2.45, 2.75) is 19.3 Å². The molecule has 0 unspecified atom stereocenters. The minimum absolute atomic E-state index is 0.715. The third kappa shape index (κ3) is 4.74. The van der Waals surface area contributed by atoms with E-state index < -0.39 is 0 Å². The first-order valence-electron chi connectivity index (χ1n) is 9.69. The summed E-state index contributed by atoms with van der Waals surface area (Å²) in [4.78, 5) is 14.1. The van der Waals surface area contributed by atoms with Crippen LogP contribution in [0.5, 0.6) is 0 Å². The molecule has 1 N–H and O–H groups in total. The molecule has 0 radical (unpaired) electrons. The van der Waals surface area contributed by atoms with E-state index in [2.05, 4.69) is 20.3 Å². The molecular weight excluding hydrogens is 340 g/mol. The zero-order valence-electron chi connectivity index (χ0n) is 15.5. The molecule has 0 bridgehead atoms. The SMILES string of the molecule is C(=N\Nc1cc(N2CCCCC2)nc(N2CCOCC2)n1)/c1ccccc1. The van der Waals surface area contributed by atoms with Crippen molar-refractivity contribution in [1.29, 1.82) is 0 Å². The van der Waals surface area contributed by atoms with Gasteiger partial charge >= 0.3 is 0 Å². The van der Waals surface area contributed by atoms with Crippen LogP contribution in [0.3, 0.4) is 0 Å². The number of hydrazone groups is 1. The standard InChI is InChI=1S/C20H26N6O/c1-3-7-17(8-4-1)16-21-24-18-15-19(25-9-5-2-6-10-25)23-20(22-18)26-11-13-27-14-12-26/h1,3-4,7-8,15-16H,2,5-6,9-14H2,(H,22,23,24)/b21-16+. The van der Waals surface area contributed by atoms with Crippen molar-refractivity contribution in [3.8, 4) is 0 Å². The van der Waals surface area contributed by atoms with Gasteiger partial charge in [0.2, 0.25) is 5.95 Å². The Hall–Kier alpha value is -2.67. The van der Waals surface area contributed by atoms with Crippen LogP contribution in [0, 0.1) is 0 Å². The third-order valence-electron chi connectivity index (χ3n) is 4.87. The fourth-order valence-corrected chi connectivity index (χ4v) is 3.38. The number of morpholine rings is 1. The lowest BCUT2D eigenvalue weighted by Crippen LogP contribution is -2.38. The van der Waals surface area contributed by atoms with E-state index in [-0.39, 0.29) is 0 Å². The molecule has 0 saturated carbocycles. The van der Waals surface area contributed by atoms with Gasteiger partial charge in [0, 0.05) is 32.2 Å². The van der Waals surface area contributed by atoms with E-state index in [1.54, 1.807) is 6.21 Å². The highest BCUT2D eigenvalue weighted by molar-refractivity contribution is 5.80. The normalized spacial score (nSPS) is 18.1. The average molecular weight is 366 g/mol. The molecular formula is C20H26N6O. The number of nitrogens with one attached hydrogen (secondary N) is 1. The Bertz CT molecular complexity index is 718. The lowest BCUT2D eigenvalue weighted by atomic mass is 10.1. The first-order valence-corrected chi connectivity index (χ1v) is 9.69. The van der Waals surface area contributed by atoms with Gasteiger partial charge in [-0.05, 0) is 24.8 Å². The first kappa shape index (κ1) is 17.7. The molecule has 2 saturated heterocycles. The second-order valence-electron chi connectivity index (χ2n) is 6.84. The molecule has 0 aliphatic carbocycles. The summed E-state index contributed by atoms with van der Waals surface area (Å²) in [6, 6.07) is 12.0. The molecule has 0 atom stereocenters. The molecule has 1 aromatic heterocycles. The number of rotatable bonds is 5. The number of aromatic nitrogens is 2. The molecule has 27 heavy (non-hydrogen) atoms. The molecule has 0 spiro atoms. The van der Waals surface area contributed by atoms with Gasteiger partial charge in [0.05, 0.1) is 19.4 Å². The van der Waals surface area contributed by atoms with Crippen LogP contribution < -0.4 is 15.2 Å². The van der Waals surface area contributed by atoms with Crippen LogP contribution in [0.15, 0.2) is 41.5 Å². The molecule has 3 heterocycles. The van der Waals surface area contributed by atoms with Gasteiger partial charge < -0.3 is 14.5 Å². The van der Waals surface area contributed by atoms with E-state index in [9.17, 15) is 0 Å². The maximum Gasteiger partial charge on any atom is 0.229 e. The van der Waals surface area contributed by atoms with E-state index in [0.29, 0.717) is 13.2 Å². The summed E-state index contributed by atoms with van der Waals surface area (Å²) in [5, 5.41) is 4.36. The van der Waals surface area contributed by atoms with Crippen LogP contribution in [0.2, 0.25) is 0 Å². The van der Waals surface area contributed by atoms with Crippen molar-refractivity contribution in [2.75, 3.05) is 54.6 Å². The topological polar surface area (TPSA) is 65.9 Å². The van der Waals surface area contributed by atoms with E-state index in [0.717, 1.165) is 49.3 Å². The smallest absolute Gasteiger partial charge is 0.229 e. The Morgan fingerprint density at radius 2 is 1.70 bits per heavy atom. The molecule has 2 fully saturated rings. The van der Waals surface area contributed by atoms with Gasteiger partial charge in [0.15, 0.2) is 5.82 Å². The lowest BCUT2D eigenvalue weighted by molar-refractivity contribution is 0.122. The summed E-state index contributed by atoms with van der Waals surface area (Å²) in [6.45, 7) is 5.16. The predicted molar refractivity (Wildman–Crippen MR) is 109 cm³/mol. The summed E-state index contributed by atoms with van der Waals surface area (Å²) in [5.41, 5.74) is 4.13. The number of hydrogen-bond acceptors (Lipinski definition) is 7. The fraction of sp³-hybridized carbons (Fsp3) is 0.450. The van der Waals surface area contributed by atoms with Crippen LogP contribution in [0.4, 0.5) is 17.6 Å². The van der Waals surface area contributed by atoms with Crippen molar-refractivity contribution >= 4 is 23.8 Å². The number of ether oxygens (including phenoxy) is 1. The Kier molecular flexibility index (Phi) is 5.79. The summed E-state index contributed by atoms with van der Waals surface area (Å²) in [5.74, 6) is 2.45. The summed E-state index contributed by atoms with van der Waals surface area (Å²) in [6.07, 6.45) is 5.53. The third-order valence-corrected chi connectivity index (χ3v) is 4.87. The Labute approximate surface area is 160 Å². The predicted octanol–water partition coefficient (Wildman–Crippen LogP) is 2.75. The quantitative estimate of drug-likeness (QED) is 0.648. The molecule has 2 aliphatic heterocycles. The minimum Gasteiger partial charge on any atom is -0.378 e. The van der Waals surface area contributed by atoms with Gasteiger partial charge in [-0.2, -0.15) is 15.1 Å². The highest BCUT2D eigenvalue weighted by atomic mass is 16.5. The van der Waals surface area contributed by atoms with Gasteiger partial charge in [-0.15, -0.1) is 0 Å².